The van der Waals surface area contributed by atoms with Crippen molar-refractivity contribution in [3.8, 4) is 0 Å². The summed E-state index contributed by atoms with van der Waals surface area (Å²) in [6.07, 6.45) is 1.96. The number of fused-ring (bicyclic) bond motifs is 1. The van der Waals surface area contributed by atoms with E-state index in [0.29, 0.717) is 11.9 Å². The molecular formula is C11H15BN2O3S. The van der Waals surface area contributed by atoms with Crippen LogP contribution in [0.15, 0.2) is 23.3 Å². The molecule has 1 N–H and O–H groups in total. The van der Waals surface area contributed by atoms with E-state index in [0.717, 1.165) is 15.5 Å². The van der Waals surface area contributed by atoms with Crippen LogP contribution in [0.1, 0.15) is 24.5 Å². The third-order valence-corrected chi connectivity index (χ3v) is 4.58. The van der Waals surface area contributed by atoms with E-state index in [1.807, 2.05) is 19.1 Å². The maximum absolute atomic E-state index is 11.9. The van der Waals surface area contributed by atoms with Crippen molar-refractivity contribution in [2.45, 2.75) is 20.3 Å². The molecule has 1 aromatic carbocycles. The fourth-order valence-corrected chi connectivity index (χ4v) is 3.23. The zero-order chi connectivity index (χ0) is 13.3. The van der Waals surface area contributed by atoms with Crippen LogP contribution >= 0.6 is 0 Å². The summed E-state index contributed by atoms with van der Waals surface area (Å²) in [5, 5.41) is 14.0. The van der Waals surface area contributed by atoms with Gasteiger partial charge >= 0.3 is 7.05 Å². The van der Waals surface area contributed by atoms with Gasteiger partial charge in [-0.15, -0.1) is 0 Å². The standard InChI is InChI=1S/C11H15BN2O3S/c1-3-6-18(16,17)14-12(15)11-5-4-9(2)7-10(11)8-13-14/h4-5,7-8,15H,3,6H2,1-2H3. The first-order valence-electron chi connectivity index (χ1n) is 5.80. The summed E-state index contributed by atoms with van der Waals surface area (Å²) >= 11 is 0. The third-order valence-electron chi connectivity index (χ3n) is 2.79. The number of sulfonamides is 1. The number of hydrogen-bond acceptors (Lipinski definition) is 4. The lowest BCUT2D eigenvalue weighted by Gasteiger charge is -2.26. The number of nitrogens with zero attached hydrogens (tertiary/aromatic N) is 2. The fraction of sp³-hybridized carbons (Fsp3) is 0.364. The molecule has 96 valence electrons. The first kappa shape index (κ1) is 13.1. The molecule has 0 aliphatic carbocycles. The van der Waals surface area contributed by atoms with Crippen molar-refractivity contribution in [1.82, 2.24) is 4.33 Å². The van der Waals surface area contributed by atoms with E-state index in [9.17, 15) is 13.4 Å². The van der Waals surface area contributed by atoms with Crippen LogP contribution in [-0.2, 0) is 10.0 Å². The zero-order valence-electron chi connectivity index (χ0n) is 10.4. The molecule has 0 radical (unpaired) electrons. The molecule has 1 aliphatic heterocycles. The minimum atomic E-state index is -3.55. The molecule has 0 spiro atoms. The summed E-state index contributed by atoms with van der Waals surface area (Å²) in [5.74, 6) is -0.0252. The number of hydrogen-bond donors (Lipinski definition) is 1. The molecule has 0 saturated carbocycles. The van der Waals surface area contributed by atoms with Crippen LogP contribution in [0.25, 0.3) is 0 Å². The van der Waals surface area contributed by atoms with Crippen molar-refractivity contribution in [2.75, 3.05) is 5.75 Å². The van der Waals surface area contributed by atoms with Gasteiger partial charge in [-0.3, -0.25) is 0 Å². The highest BCUT2D eigenvalue weighted by atomic mass is 32.2. The fourth-order valence-electron chi connectivity index (χ4n) is 1.92. The largest absolute Gasteiger partial charge is 0.484 e. The molecule has 18 heavy (non-hydrogen) atoms. The van der Waals surface area contributed by atoms with Gasteiger partial charge in [-0.05, 0) is 24.4 Å². The maximum atomic E-state index is 11.9. The number of hydrazone groups is 1. The Kier molecular flexibility index (Phi) is 3.45. The third kappa shape index (κ3) is 2.28. The summed E-state index contributed by atoms with van der Waals surface area (Å²) in [6, 6.07) is 5.44. The second-order valence-corrected chi connectivity index (χ2v) is 6.29. The summed E-state index contributed by atoms with van der Waals surface area (Å²) < 4.78 is 24.6. The van der Waals surface area contributed by atoms with Gasteiger partial charge in [-0.1, -0.05) is 30.7 Å². The highest BCUT2D eigenvalue weighted by molar-refractivity contribution is 7.90. The predicted octanol–water partition coefficient (Wildman–Crippen LogP) is 0.0718. The quantitative estimate of drug-likeness (QED) is 0.787. The van der Waals surface area contributed by atoms with Crippen LogP contribution in [0.3, 0.4) is 0 Å². The highest BCUT2D eigenvalue weighted by Gasteiger charge is 2.36. The Morgan fingerprint density at radius 3 is 2.83 bits per heavy atom. The van der Waals surface area contributed by atoms with Gasteiger partial charge in [0.15, 0.2) is 0 Å². The van der Waals surface area contributed by atoms with Crippen molar-refractivity contribution in [2.24, 2.45) is 5.10 Å². The number of aryl methyl sites for hydroxylation is 1. The summed E-state index contributed by atoms with van der Waals surface area (Å²) in [6.45, 7) is 3.70. The smallest absolute Gasteiger partial charge is 0.427 e. The summed E-state index contributed by atoms with van der Waals surface area (Å²) in [7, 11) is -4.78. The van der Waals surface area contributed by atoms with Crippen LogP contribution < -0.4 is 5.46 Å². The molecule has 0 unspecified atom stereocenters. The van der Waals surface area contributed by atoms with Crippen LogP contribution in [0.4, 0.5) is 0 Å². The molecule has 2 rings (SSSR count). The van der Waals surface area contributed by atoms with Crippen LogP contribution in [0.2, 0.25) is 0 Å². The van der Waals surface area contributed by atoms with Gasteiger partial charge in [0.1, 0.15) is 0 Å². The Hall–Kier alpha value is -1.34. The zero-order valence-corrected chi connectivity index (χ0v) is 11.2. The first-order valence-corrected chi connectivity index (χ1v) is 7.41. The normalized spacial score (nSPS) is 14.8. The van der Waals surface area contributed by atoms with Crippen LogP contribution in [-0.4, -0.2) is 36.8 Å². The molecule has 0 bridgehead atoms. The Morgan fingerprint density at radius 1 is 1.44 bits per heavy atom. The van der Waals surface area contributed by atoms with Crippen molar-refractivity contribution in [3.05, 3.63) is 29.3 Å². The number of rotatable bonds is 3. The molecule has 0 amide bonds. The van der Waals surface area contributed by atoms with Crippen molar-refractivity contribution in [1.29, 1.82) is 0 Å². The van der Waals surface area contributed by atoms with Gasteiger partial charge in [0.05, 0.1) is 12.0 Å². The van der Waals surface area contributed by atoms with Gasteiger partial charge in [0.25, 0.3) is 0 Å². The van der Waals surface area contributed by atoms with E-state index >= 15 is 0 Å². The molecule has 0 aromatic heterocycles. The molecule has 7 heteroatoms. The summed E-state index contributed by atoms with van der Waals surface area (Å²) in [4.78, 5) is 0. The van der Waals surface area contributed by atoms with Gasteiger partial charge in [0.2, 0.25) is 10.0 Å². The SMILES string of the molecule is CCCS(=O)(=O)N1N=Cc2cc(C)ccc2B1O. The molecule has 1 aliphatic rings. The minimum Gasteiger partial charge on any atom is -0.427 e. The Balaban J connectivity index is 2.40. The second kappa shape index (κ2) is 4.74. The van der Waals surface area contributed by atoms with Crippen LogP contribution in [0, 0.1) is 6.92 Å². The first-order chi connectivity index (χ1) is 8.45. The molecular weight excluding hydrogens is 251 g/mol. The van der Waals surface area contributed by atoms with E-state index in [1.165, 1.54) is 6.21 Å². The van der Waals surface area contributed by atoms with Crippen LogP contribution in [0.5, 0.6) is 0 Å². The molecule has 0 atom stereocenters. The monoisotopic (exact) mass is 266 g/mol. The Bertz CT molecular complexity index is 586. The van der Waals surface area contributed by atoms with Crippen molar-refractivity contribution < 1.29 is 13.4 Å². The Morgan fingerprint density at radius 2 is 2.17 bits per heavy atom. The lowest BCUT2D eigenvalue weighted by atomic mass is 9.71. The van der Waals surface area contributed by atoms with Crippen molar-refractivity contribution >= 4 is 28.8 Å². The van der Waals surface area contributed by atoms with E-state index < -0.39 is 17.1 Å². The summed E-state index contributed by atoms with van der Waals surface area (Å²) in [5.41, 5.74) is 2.36. The maximum Gasteiger partial charge on any atom is 0.484 e. The Labute approximate surface area is 107 Å². The molecule has 1 aromatic rings. The van der Waals surface area contributed by atoms with Gasteiger partial charge in [-0.25, -0.2) is 12.7 Å². The molecule has 5 nitrogen and oxygen atoms in total. The number of benzene rings is 1. The predicted molar refractivity (Wildman–Crippen MR) is 72.3 cm³/mol. The molecule has 0 saturated heterocycles. The average molecular weight is 266 g/mol. The van der Waals surface area contributed by atoms with E-state index in [4.69, 9.17) is 0 Å². The van der Waals surface area contributed by atoms with Gasteiger partial charge in [0, 0.05) is 0 Å². The lowest BCUT2D eigenvalue weighted by molar-refractivity contribution is 0.475. The molecule has 1 heterocycles. The second-order valence-electron chi connectivity index (χ2n) is 4.34. The van der Waals surface area contributed by atoms with E-state index in [1.54, 1.807) is 13.0 Å². The van der Waals surface area contributed by atoms with Gasteiger partial charge < -0.3 is 5.02 Å². The van der Waals surface area contributed by atoms with E-state index in [2.05, 4.69) is 5.10 Å². The van der Waals surface area contributed by atoms with Gasteiger partial charge in [-0.2, -0.15) is 5.10 Å². The average Bonchev–Trinajstić information content (AvgIpc) is 2.28. The minimum absolute atomic E-state index is 0.0252. The molecule has 0 fully saturated rings. The highest BCUT2D eigenvalue weighted by Crippen LogP contribution is 2.13. The van der Waals surface area contributed by atoms with Crippen molar-refractivity contribution in [3.63, 3.8) is 0 Å². The topological polar surface area (TPSA) is 70.0 Å². The van der Waals surface area contributed by atoms with E-state index in [-0.39, 0.29) is 5.75 Å². The lowest BCUT2D eigenvalue weighted by Crippen LogP contribution is -2.52.